The van der Waals surface area contributed by atoms with Crippen molar-refractivity contribution in [1.82, 2.24) is 0 Å². The van der Waals surface area contributed by atoms with Crippen LogP contribution in [0.4, 0.5) is 5.69 Å². The number of hydrogen-bond acceptors (Lipinski definition) is 1. The van der Waals surface area contributed by atoms with Crippen LogP contribution in [0, 0.1) is 0 Å². The lowest BCUT2D eigenvalue weighted by Crippen LogP contribution is -2.12. The molecular formula is C16H14Br3NO. The minimum absolute atomic E-state index is 0.119. The van der Waals surface area contributed by atoms with Gasteiger partial charge in [-0.25, -0.2) is 0 Å². The van der Waals surface area contributed by atoms with E-state index < -0.39 is 0 Å². The van der Waals surface area contributed by atoms with Crippen LogP contribution in [0.25, 0.3) is 0 Å². The molecule has 0 aromatic heterocycles. The van der Waals surface area contributed by atoms with Crippen LogP contribution < -0.4 is 5.32 Å². The van der Waals surface area contributed by atoms with Gasteiger partial charge in [0.15, 0.2) is 0 Å². The number of hydrogen-bond donors (Lipinski definition) is 1. The molecule has 0 saturated carbocycles. The molecule has 0 aliphatic heterocycles. The molecule has 0 saturated heterocycles. The Bertz CT molecular complexity index is 643. The number of nitrogens with one attached hydrogen (secondary N) is 1. The first-order valence-electron chi connectivity index (χ1n) is 6.51. The van der Waals surface area contributed by atoms with Crippen LogP contribution in [-0.4, -0.2) is 11.2 Å². The maximum Gasteiger partial charge on any atom is 0.256 e. The van der Waals surface area contributed by atoms with E-state index in [2.05, 4.69) is 59.2 Å². The van der Waals surface area contributed by atoms with Crippen LogP contribution in [0.1, 0.15) is 22.3 Å². The minimum Gasteiger partial charge on any atom is -0.322 e. The fourth-order valence-corrected chi connectivity index (χ4v) is 3.46. The highest BCUT2D eigenvalue weighted by Gasteiger charge is 2.10. The average molecular weight is 476 g/mol. The van der Waals surface area contributed by atoms with Crippen LogP contribution in [0.15, 0.2) is 51.4 Å². The third-order valence-corrected chi connectivity index (χ3v) is 4.67. The average Bonchev–Trinajstić information content (AvgIpc) is 2.45. The second-order valence-electron chi connectivity index (χ2n) is 4.57. The lowest BCUT2D eigenvalue weighted by atomic mass is 10.1. The minimum atomic E-state index is -0.119. The van der Waals surface area contributed by atoms with Crippen molar-refractivity contribution >= 4 is 59.4 Å². The van der Waals surface area contributed by atoms with Gasteiger partial charge in [-0.3, -0.25) is 4.79 Å². The summed E-state index contributed by atoms with van der Waals surface area (Å²) in [5.41, 5.74) is 2.66. The maximum absolute atomic E-state index is 12.3. The number of halogens is 3. The molecule has 2 nitrogen and oxygen atoms in total. The SMILES string of the molecule is O=C(Nc1cccc(CCCBr)c1)c1ccc(Br)cc1Br. The van der Waals surface area contributed by atoms with Crippen molar-refractivity contribution < 1.29 is 4.79 Å². The van der Waals surface area contributed by atoms with Crippen molar-refractivity contribution in [3.63, 3.8) is 0 Å². The molecule has 0 heterocycles. The zero-order chi connectivity index (χ0) is 15.2. The van der Waals surface area contributed by atoms with E-state index in [9.17, 15) is 4.79 Å². The zero-order valence-corrected chi connectivity index (χ0v) is 16.0. The predicted octanol–water partition coefficient (Wildman–Crippen LogP) is 5.79. The smallest absolute Gasteiger partial charge is 0.256 e. The first-order valence-corrected chi connectivity index (χ1v) is 9.22. The van der Waals surface area contributed by atoms with E-state index in [4.69, 9.17) is 0 Å². The van der Waals surface area contributed by atoms with Crippen molar-refractivity contribution in [3.8, 4) is 0 Å². The summed E-state index contributed by atoms with van der Waals surface area (Å²) in [5.74, 6) is -0.119. The molecule has 0 unspecified atom stereocenters. The Morgan fingerprint density at radius 3 is 2.62 bits per heavy atom. The van der Waals surface area contributed by atoms with E-state index in [1.165, 1.54) is 5.56 Å². The molecule has 21 heavy (non-hydrogen) atoms. The summed E-state index contributed by atoms with van der Waals surface area (Å²) in [6.07, 6.45) is 2.08. The molecule has 0 fully saturated rings. The summed E-state index contributed by atoms with van der Waals surface area (Å²) in [6.45, 7) is 0. The van der Waals surface area contributed by atoms with E-state index in [1.54, 1.807) is 6.07 Å². The molecule has 1 N–H and O–H groups in total. The largest absolute Gasteiger partial charge is 0.322 e. The molecule has 2 aromatic rings. The van der Waals surface area contributed by atoms with Gasteiger partial charge in [-0.15, -0.1) is 0 Å². The molecular weight excluding hydrogens is 462 g/mol. The van der Waals surface area contributed by atoms with Gasteiger partial charge in [-0.05, 0) is 64.7 Å². The number of carbonyl (C=O) groups is 1. The Morgan fingerprint density at radius 2 is 1.90 bits per heavy atom. The Morgan fingerprint density at radius 1 is 1.10 bits per heavy atom. The summed E-state index contributed by atoms with van der Waals surface area (Å²) in [7, 11) is 0. The molecule has 2 rings (SSSR count). The summed E-state index contributed by atoms with van der Waals surface area (Å²) >= 11 is 10.2. The predicted molar refractivity (Wildman–Crippen MR) is 98.4 cm³/mol. The number of benzene rings is 2. The number of alkyl halides is 1. The third kappa shape index (κ3) is 4.94. The first kappa shape index (κ1) is 16.7. The number of anilines is 1. The van der Waals surface area contributed by atoms with Crippen LogP contribution in [-0.2, 0) is 6.42 Å². The molecule has 0 atom stereocenters. The first-order chi connectivity index (χ1) is 10.1. The molecule has 110 valence electrons. The molecule has 0 bridgehead atoms. The number of aryl methyl sites for hydroxylation is 1. The summed E-state index contributed by atoms with van der Waals surface area (Å²) in [6, 6.07) is 13.5. The van der Waals surface area contributed by atoms with Crippen molar-refractivity contribution in [2.45, 2.75) is 12.8 Å². The van der Waals surface area contributed by atoms with E-state index in [-0.39, 0.29) is 5.91 Å². The Hall–Kier alpha value is -0.650. The highest BCUT2D eigenvalue weighted by Crippen LogP contribution is 2.23. The molecule has 5 heteroatoms. The van der Waals surface area contributed by atoms with Gasteiger partial charge in [0.25, 0.3) is 5.91 Å². The van der Waals surface area contributed by atoms with Crippen molar-refractivity contribution in [3.05, 3.63) is 62.5 Å². The quantitative estimate of drug-likeness (QED) is 0.545. The van der Waals surface area contributed by atoms with Gasteiger partial charge in [0.1, 0.15) is 0 Å². The van der Waals surface area contributed by atoms with E-state index in [0.717, 1.165) is 32.8 Å². The normalized spacial score (nSPS) is 10.4. The highest BCUT2D eigenvalue weighted by molar-refractivity contribution is 9.11. The summed E-state index contributed by atoms with van der Waals surface area (Å²) in [4.78, 5) is 12.3. The Balaban J connectivity index is 2.12. The van der Waals surface area contributed by atoms with Crippen LogP contribution in [0.3, 0.4) is 0 Å². The van der Waals surface area contributed by atoms with Crippen LogP contribution in [0.2, 0.25) is 0 Å². The summed E-state index contributed by atoms with van der Waals surface area (Å²) < 4.78 is 1.70. The van der Waals surface area contributed by atoms with Crippen LogP contribution >= 0.6 is 47.8 Å². The standard InChI is InChI=1S/C16H14Br3NO/c17-8-2-4-11-3-1-5-13(9-11)20-16(21)14-7-6-12(18)10-15(14)19/h1,3,5-7,9-10H,2,4,8H2,(H,20,21). The van der Waals surface area contributed by atoms with Gasteiger partial charge in [-0.1, -0.05) is 44.0 Å². The molecule has 0 aliphatic carbocycles. The second-order valence-corrected chi connectivity index (χ2v) is 7.13. The lowest BCUT2D eigenvalue weighted by Gasteiger charge is -2.09. The lowest BCUT2D eigenvalue weighted by molar-refractivity contribution is 0.102. The number of amides is 1. The maximum atomic E-state index is 12.3. The highest BCUT2D eigenvalue weighted by atomic mass is 79.9. The number of carbonyl (C=O) groups excluding carboxylic acids is 1. The molecule has 2 aromatic carbocycles. The van der Waals surface area contributed by atoms with Gasteiger partial charge >= 0.3 is 0 Å². The van der Waals surface area contributed by atoms with Gasteiger partial charge in [-0.2, -0.15) is 0 Å². The molecule has 0 radical (unpaired) electrons. The Labute approximate surface area is 149 Å². The summed E-state index contributed by atoms with van der Waals surface area (Å²) in [5, 5.41) is 3.92. The van der Waals surface area contributed by atoms with E-state index in [0.29, 0.717) is 5.56 Å². The van der Waals surface area contributed by atoms with E-state index >= 15 is 0 Å². The Kier molecular flexibility index (Phi) is 6.45. The monoisotopic (exact) mass is 473 g/mol. The van der Waals surface area contributed by atoms with Gasteiger partial charge in [0, 0.05) is 20.0 Å². The van der Waals surface area contributed by atoms with Gasteiger partial charge in [0.05, 0.1) is 5.56 Å². The molecule has 0 aliphatic rings. The van der Waals surface area contributed by atoms with Gasteiger partial charge < -0.3 is 5.32 Å². The molecule has 0 spiro atoms. The fourth-order valence-electron chi connectivity index (χ4n) is 1.95. The van der Waals surface area contributed by atoms with Crippen LogP contribution in [0.5, 0.6) is 0 Å². The van der Waals surface area contributed by atoms with Crippen molar-refractivity contribution in [1.29, 1.82) is 0 Å². The van der Waals surface area contributed by atoms with Crippen molar-refractivity contribution in [2.24, 2.45) is 0 Å². The fraction of sp³-hybridized carbons (Fsp3) is 0.188. The van der Waals surface area contributed by atoms with Gasteiger partial charge in [0.2, 0.25) is 0 Å². The molecule has 1 amide bonds. The topological polar surface area (TPSA) is 29.1 Å². The second kappa shape index (κ2) is 8.11. The van der Waals surface area contributed by atoms with Crippen molar-refractivity contribution in [2.75, 3.05) is 10.6 Å². The van der Waals surface area contributed by atoms with E-state index in [1.807, 2.05) is 30.3 Å². The number of rotatable bonds is 5. The zero-order valence-electron chi connectivity index (χ0n) is 11.2. The third-order valence-electron chi connectivity index (χ3n) is 2.96.